The van der Waals surface area contributed by atoms with E-state index < -0.39 is 17.5 Å². The maximum absolute atomic E-state index is 12.5. The lowest BCUT2D eigenvalue weighted by molar-refractivity contribution is -0.384. The van der Waals surface area contributed by atoms with Crippen molar-refractivity contribution in [3.05, 3.63) is 69.3 Å². The van der Waals surface area contributed by atoms with Gasteiger partial charge in [0, 0.05) is 25.2 Å². The molecule has 0 aliphatic rings. The zero-order chi connectivity index (χ0) is 20.7. The van der Waals surface area contributed by atoms with Crippen molar-refractivity contribution in [1.82, 2.24) is 4.90 Å². The fraction of sp³-hybridized carbons (Fsp3) is 0.300. The lowest BCUT2D eigenvalue weighted by atomic mass is 10.1. The molecule has 148 valence electrons. The third kappa shape index (κ3) is 5.54. The van der Waals surface area contributed by atoms with Gasteiger partial charge < -0.3 is 15.4 Å². The summed E-state index contributed by atoms with van der Waals surface area (Å²) in [7, 11) is 0. The van der Waals surface area contributed by atoms with Gasteiger partial charge in [-0.1, -0.05) is 36.8 Å². The number of anilines is 1. The summed E-state index contributed by atoms with van der Waals surface area (Å²) in [4.78, 5) is 36.4. The monoisotopic (exact) mass is 385 g/mol. The Labute approximate surface area is 163 Å². The molecular weight excluding hydrogens is 362 g/mol. The Bertz CT molecular complexity index is 865. The minimum atomic E-state index is -0.799. The molecular formula is C20H23N3O5. The number of nitro groups is 1. The van der Waals surface area contributed by atoms with E-state index in [0.717, 1.165) is 29.7 Å². The number of carbonyl (C=O) groups excluding carboxylic acids is 2. The van der Waals surface area contributed by atoms with Gasteiger partial charge in [0.05, 0.1) is 16.2 Å². The fourth-order valence-electron chi connectivity index (χ4n) is 2.62. The summed E-state index contributed by atoms with van der Waals surface area (Å²) in [5.74, 6) is -1.12. The first-order chi connectivity index (χ1) is 13.3. The van der Waals surface area contributed by atoms with Crippen LogP contribution in [0.5, 0.6) is 0 Å². The number of non-ortho nitro benzene ring substituents is 1. The first-order valence-electron chi connectivity index (χ1n) is 8.86. The van der Waals surface area contributed by atoms with Crippen LogP contribution in [0.4, 0.5) is 11.4 Å². The normalized spacial score (nSPS) is 10.4. The quantitative estimate of drug-likeness (QED) is 0.323. The van der Waals surface area contributed by atoms with E-state index in [1.54, 1.807) is 4.90 Å². The van der Waals surface area contributed by atoms with Crippen LogP contribution in [0, 0.1) is 17.0 Å². The SMILES string of the molecule is CCCN(Cc1ccc(C)cc1)C(=O)COC(=O)c1ccc([N+](=O)[O-])cc1N. The number of ether oxygens (including phenoxy) is 1. The van der Waals surface area contributed by atoms with Gasteiger partial charge in [-0.05, 0) is 25.0 Å². The van der Waals surface area contributed by atoms with Gasteiger partial charge in [-0.3, -0.25) is 14.9 Å². The molecule has 0 saturated heterocycles. The van der Waals surface area contributed by atoms with Gasteiger partial charge in [0.15, 0.2) is 6.61 Å². The van der Waals surface area contributed by atoms with Crippen LogP contribution < -0.4 is 5.73 Å². The maximum atomic E-state index is 12.5. The topological polar surface area (TPSA) is 116 Å². The molecule has 2 aromatic carbocycles. The largest absolute Gasteiger partial charge is 0.452 e. The Morgan fingerprint density at radius 2 is 1.86 bits per heavy atom. The van der Waals surface area contributed by atoms with E-state index in [-0.39, 0.29) is 22.8 Å². The van der Waals surface area contributed by atoms with Crippen LogP contribution in [0.2, 0.25) is 0 Å². The number of hydrogen-bond donors (Lipinski definition) is 1. The van der Waals surface area contributed by atoms with Crippen molar-refractivity contribution >= 4 is 23.3 Å². The van der Waals surface area contributed by atoms with E-state index in [1.165, 1.54) is 6.07 Å². The van der Waals surface area contributed by atoms with Crippen molar-refractivity contribution in [2.24, 2.45) is 0 Å². The predicted octanol–water partition coefficient (Wildman–Crippen LogP) is 3.08. The van der Waals surface area contributed by atoms with Gasteiger partial charge in [-0.2, -0.15) is 0 Å². The molecule has 2 rings (SSSR count). The van der Waals surface area contributed by atoms with Crippen molar-refractivity contribution in [3.8, 4) is 0 Å². The van der Waals surface area contributed by atoms with Crippen molar-refractivity contribution in [1.29, 1.82) is 0 Å². The van der Waals surface area contributed by atoms with E-state index in [9.17, 15) is 19.7 Å². The Hall–Kier alpha value is -3.42. The van der Waals surface area contributed by atoms with Crippen LogP contribution in [0.25, 0.3) is 0 Å². The molecule has 0 fully saturated rings. The Balaban J connectivity index is 2.00. The van der Waals surface area contributed by atoms with Crippen LogP contribution in [0.3, 0.4) is 0 Å². The lowest BCUT2D eigenvalue weighted by Crippen LogP contribution is -2.35. The highest BCUT2D eigenvalue weighted by molar-refractivity contribution is 5.96. The molecule has 8 heteroatoms. The van der Waals surface area contributed by atoms with Crippen molar-refractivity contribution in [2.45, 2.75) is 26.8 Å². The van der Waals surface area contributed by atoms with E-state index in [1.807, 2.05) is 38.1 Å². The third-order valence-electron chi connectivity index (χ3n) is 4.13. The van der Waals surface area contributed by atoms with Crippen LogP contribution in [-0.2, 0) is 16.1 Å². The molecule has 0 unspecified atom stereocenters. The highest BCUT2D eigenvalue weighted by Crippen LogP contribution is 2.20. The molecule has 0 saturated carbocycles. The second kappa shape index (κ2) is 9.50. The number of amides is 1. The minimum Gasteiger partial charge on any atom is -0.452 e. The minimum absolute atomic E-state index is 0.0148. The number of esters is 1. The summed E-state index contributed by atoms with van der Waals surface area (Å²) >= 11 is 0. The number of rotatable bonds is 8. The molecule has 28 heavy (non-hydrogen) atoms. The smallest absolute Gasteiger partial charge is 0.340 e. The molecule has 0 heterocycles. The van der Waals surface area contributed by atoms with Gasteiger partial charge in [-0.15, -0.1) is 0 Å². The van der Waals surface area contributed by atoms with Crippen LogP contribution in [-0.4, -0.2) is 34.9 Å². The summed E-state index contributed by atoms with van der Waals surface area (Å²) in [5.41, 5.74) is 7.49. The standard InChI is InChI=1S/C20H23N3O5/c1-3-10-22(12-15-6-4-14(2)5-7-15)19(24)13-28-20(25)17-9-8-16(23(26)27)11-18(17)21/h4-9,11H,3,10,12-13,21H2,1-2H3. The molecule has 8 nitrogen and oxygen atoms in total. The first-order valence-corrected chi connectivity index (χ1v) is 8.86. The third-order valence-corrected chi connectivity index (χ3v) is 4.13. The number of nitrogen functional groups attached to an aromatic ring is 1. The maximum Gasteiger partial charge on any atom is 0.340 e. The first kappa shape index (κ1) is 20.9. The van der Waals surface area contributed by atoms with Gasteiger partial charge in [0.1, 0.15) is 0 Å². The summed E-state index contributed by atoms with van der Waals surface area (Å²) in [6, 6.07) is 11.3. The Morgan fingerprint density at radius 1 is 1.18 bits per heavy atom. The summed E-state index contributed by atoms with van der Waals surface area (Å²) in [5, 5.41) is 10.7. The molecule has 0 radical (unpaired) electrons. The number of carbonyl (C=O) groups is 2. The molecule has 2 N–H and O–H groups in total. The molecule has 0 spiro atoms. The van der Waals surface area contributed by atoms with Crippen LogP contribution in [0.15, 0.2) is 42.5 Å². The lowest BCUT2D eigenvalue weighted by Gasteiger charge is -2.22. The van der Waals surface area contributed by atoms with Crippen LogP contribution >= 0.6 is 0 Å². The van der Waals surface area contributed by atoms with Gasteiger partial charge in [0.25, 0.3) is 11.6 Å². The number of nitrogens with two attached hydrogens (primary N) is 1. The second-order valence-electron chi connectivity index (χ2n) is 6.41. The van der Waals surface area contributed by atoms with Gasteiger partial charge >= 0.3 is 5.97 Å². The number of hydrogen-bond acceptors (Lipinski definition) is 6. The molecule has 1 amide bonds. The molecule has 0 aliphatic heterocycles. The summed E-state index contributed by atoms with van der Waals surface area (Å²) in [6.07, 6.45) is 0.765. The Kier molecular flexibility index (Phi) is 7.08. The fourth-order valence-corrected chi connectivity index (χ4v) is 2.62. The average molecular weight is 385 g/mol. The predicted molar refractivity (Wildman–Crippen MR) is 105 cm³/mol. The van der Waals surface area contributed by atoms with Gasteiger partial charge in [-0.25, -0.2) is 4.79 Å². The molecule has 0 atom stereocenters. The van der Waals surface area contributed by atoms with Gasteiger partial charge in [0.2, 0.25) is 0 Å². The van der Waals surface area contributed by atoms with E-state index in [0.29, 0.717) is 13.1 Å². The zero-order valence-corrected chi connectivity index (χ0v) is 15.9. The van der Waals surface area contributed by atoms with E-state index in [2.05, 4.69) is 0 Å². The molecule has 0 aliphatic carbocycles. The number of benzene rings is 2. The van der Waals surface area contributed by atoms with E-state index >= 15 is 0 Å². The number of aryl methyl sites for hydroxylation is 1. The van der Waals surface area contributed by atoms with Crippen molar-refractivity contribution < 1.29 is 19.2 Å². The summed E-state index contributed by atoms with van der Waals surface area (Å²) in [6.45, 7) is 4.47. The van der Waals surface area contributed by atoms with Crippen molar-refractivity contribution in [3.63, 3.8) is 0 Å². The van der Waals surface area contributed by atoms with E-state index in [4.69, 9.17) is 10.5 Å². The van der Waals surface area contributed by atoms with Crippen LogP contribution in [0.1, 0.15) is 34.8 Å². The molecule has 0 aromatic heterocycles. The second-order valence-corrected chi connectivity index (χ2v) is 6.41. The highest BCUT2D eigenvalue weighted by atomic mass is 16.6. The van der Waals surface area contributed by atoms with Crippen molar-refractivity contribution in [2.75, 3.05) is 18.9 Å². The number of nitrogens with zero attached hydrogens (tertiary/aromatic N) is 2. The Morgan fingerprint density at radius 3 is 2.43 bits per heavy atom. The molecule has 0 bridgehead atoms. The average Bonchev–Trinajstić information content (AvgIpc) is 2.67. The summed E-state index contributed by atoms with van der Waals surface area (Å²) < 4.78 is 5.08. The number of nitro benzene ring substituents is 1. The highest BCUT2D eigenvalue weighted by Gasteiger charge is 2.19. The zero-order valence-electron chi connectivity index (χ0n) is 15.9. The molecule has 2 aromatic rings.